The first-order valence-corrected chi connectivity index (χ1v) is 13.4. The molecule has 2 saturated heterocycles. The Kier molecular flexibility index (Phi) is 6.98. The summed E-state index contributed by atoms with van der Waals surface area (Å²) in [5.74, 6) is 1.32. The molecule has 2 aromatic heterocycles. The third kappa shape index (κ3) is 4.97. The minimum atomic E-state index is -0.276. The van der Waals surface area contributed by atoms with Gasteiger partial charge in [0.2, 0.25) is 0 Å². The van der Waals surface area contributed by atoms with E-state index in [1.165, 1.54) is 6.42 Å². The number of hydrogen-bond donors (Lipinski definition) is 2. The van der Waals surface area contributed by atoms with Crippen LogP contribution in [0.2, 0.25) is 0 Å². The molecule has 3 atom stereocenters. The predicted molar refractivity (Wildman–Crippen MR) is 145 cm³/mol. The Morgan fingerprint density at radius 2 is 2.13 bits per heavy atom. The molecule has 2 fully saturated rings. The maximum absolute atomic E-state index is 9.25. The van der Waals surface area contributed by atoms with Crippen molar-refractivity contribution in [3.63, 3.8) is 0 Å². The molecule has 0 amide bonds. The molecule has 1 unspecified atom stereocenters. The Morgan fingerprint density at radius 3 is 2.97 bits per heavy atom. The summed E-state index contributed by atoms with van der Waals surface area (Å²) in [7, 11) is 2.14. The molecule has 3 N–H and O–H groups in total. The number of piperazine rings is 1. The molecule has 3 aliphatic rings. The summed E-state index contributed by atoms with van der Waals surface area (Å²) in [6, 6.07) is 13.2. The molecular weight excluding hydrogens is 480 g/mol. The van der Waals surface area contributed by atoms with Crippen LogP contribution in [0.5, 0.6) is 6.01 Å². The summed E-state index contributed by atoms with van der Waals surface area (Å²) >= 11 is 0. The molecule has 10 nitrogen and oxygen atoms in total. The van der Waals surface area contributed by atoms with E-state index in [1.54, 1.807) is 0 Å². The molecule has 5 heterocycles. The largest absolute Gasteiger partial charge is 0.462 e. The Bertz CT molecular complexity index is 1360. The van der Waals surface area contributed by atoms with Crippen LogP contribution in [0.15, 0.2) is 30.3 Å². The van der Waals surface area contributed by atoms with E-state index in [2.05, 4.69) is 39.3 Å². The van der Waals surface area contributed by atoms with Gasteiger partial charge in [-0.15, -0.1) is 0 Å². The fourth-order valence-electron chi connectivity index (χ4n) is 5.85. The van der Waals surface area contributed by atoms with E-state index >= 15 is 0 Å². The Balaban J connectivity index is 1.33. The van der Waals surface area contributed by atoms with E-state index in [4.69, 9.17) is 25.2 Å². The van der Waals surface area contributed by atoms with E-state index < -0.39 is 0 Å². The summed E-state index contributed by atoms with van der Waals surface area (Å²) in [6.45, 7) is 4.31. The van der Waals surface area contributed by atoms with Crippen LogP contribution in [0.1, 0.15) is 42.3 Å². The standard InChI is InChI=1S/C28H34N8O2/c1-35-11-4-6-20(35)16-38-28-32-23-14-24(26-21-7-3-2-5-18(21)13-25(30)33-26)37-17-22(23)27(34-28)36-12-10-31-19(15-36)8-9-29/h2-3,5,7,13,19-20,24,31H,4,6,8,10-12,14-17H2,1H3,(H2,30,33)/t19-,20-,24?/m0/s1. The Hall–Kier alpha value is -3.52. The fourth-order valence-corrected chi connectivity index (χ4v) is 5.85. The van der Waals surface area contributed by atoms with Gasteiger partial charge in [-0.3, -0.25) is 0 Å². The fraction of sp³-hybridized carbons (Fsp3) is 0.500. The molecule has 198 valence electrons. The van der Waals surface area contributed by atoms with Crippen LogP contribution >= 0.6 is 0 Å². The maximum atomic E-state index is 9.25. The first-order valence-electron chi connectivity index (χ1n) is 13.4. The van der Waals surface area contributed by atoms with Gasteiger partial charge < -0.3 is 30.3 Å². The van der Waals surface area contributed by atoms with E-state index in [9.17, 15) is 5.26 Å². The third-order valence-electron chi connectivity index (χ3n) is 7.92. The summed E-state index contributed by atoms with van der Waals surface area (Å²) < 4.78 is 12.6. The van der Waals surface area contributed by atoms with Crippen molar-refractivity contribution < 1.29 is 9.47 Å². The van der Waals surface area contributed by atoms with E-state index in [1.807, 2.05) is 24.3 Å². The van der Waals surface area contributed by atoms with Crippen molar-refractivity contribution in [3.8, 4) is 12.1 Å². The monoisotopic (exact) mass is 514 g/mol. The smallest absolute Gasteiger partial charge is 0.318 e. The highest BCUT2D eigenvalue weighted by Gasteiger charge is 2.32. The third-order valence-corrected chi connectivity index (χ3v) is 7.92. The van der Waals surface area contributed by atoms with Gasteiger partial charge in [0, 0.05) is 49.1 Å². The first-order chi connectivity index (χ1) is 18.6. The van der Waals surface area contributed by atoms with Crippen molar-refractivity contribution in [2.24, 2.45) is 0 Å². The highest BCUT2D eigenvalue weighted by Crippen LogP contribution is 2.37. The van der Waals surface area contributed by atoms with E-state index in [0.29, 0.717) is 50.5 Å². The number of nitrogens with zero attached hydrogens (tertiary/aromatic N) is 6. The van der Waals surface area contributed by atoms with Crippen molar-refractivity contribution in [1.29, 1.82) is 5.26 Å². The molecule has 6 rings (SSSR count). The van der Waals surface area contributed by atoms with Crippen molar-refractivity contribution >= 4 is 22.4 Å². The Morgan fingerprint density at radius 1 is 1.24 bits per heavy atom. The molecule has 1 aromatic carbocycles. The zero-order chi connectivity index (χ0) is 26.1. The van der Waals surface area contributed by atoms with Gasteiger partial charge in [0.25, 0.3) is 0 Å². The van der Waals surface area contributed by atoms with Crippen molar-refractivity contribution in [1.82, 2.24) is 25.2 Å². The van der Waals surface area contributed by atoms with Crippen LogP contribution in [0.3, 0.4) is 0 Å². The van der Waals surface area contributed by atoms with Crippen LogP contribution in [-0.2, 0) is 17.8 Å². The molecule has 0 saturated carbocycles. The van der Waals surface area contributed by atoms with Crippen LogP contribution in [0.25, 0.3) is 10.8 Å². The lowest BCUT2D eigenvalue weighted by Gasteiger charge is -2.36. The molecule has 0 radical (unpaired) electrons. The number of aromatic nitrogens is 3. The number of fused-ring (bicyclic) bond motifs is 2. The van der Waals surface area contributed by atoms with Crippen LogP contribution in [-0.4, -0.2) is 71.8 Å². The topological polar surface area (TPSA) is 125 Å². The van der Waals surface area contributed by atoms with Gasteiger partial charge in [0.1, 0.15) is 24.3 Å². The Labute approximate surface area is 222 Å². The molecule has 0 spiro atoms. The van der Waals surface area contributed by atoms with Crippen LogP contribution < -0.4 is 20.7 Å². The number of pyridine rings is 1. The van der Waals surface area contributed by atoms with Gasteiger partial charge >= 0.3 is 6.01 Å². The minimum Gasteiger partial charge on any atom is -0.462 e. The molecule has 10 heteroatoms. The second kappa shape index (κ2) is 10.7. The van der Waals surface area contributed by atoms with Gasteiger partial charge in [0.05, 0.1) is 30.5 Å². The van der Waals surface area contributed by atoms with E-state index in [-0.39, 0.29) is 12.1 Å². The molecule has 0 bridgehead atoms. The number of hydrogen-bond acceptors (Lipinski definition) is 10. The lowest BCUT2D eigenvalue weighted by Crippen LogP contribution is -2.51. The van der Waals surface area contributed by atoms with Gasteiger partial charge in [-0.2, -0.15) is 15.2 Å². The van der Waals surface area contributed by atoms with Crippen LogP contribution in [0, 0.1) is 11.3 Å². The summed E-state index contributed by atoms with van der Waals surface area (Å²) in [5.41, 5.74) is 8.90. The van der Waals surface area contributed by atoms with E-state index in [0.717, 1.165) is 59.6 Å². The highest BCUT2D eigenvalue weighted by molar-refractivity contribution is 5.86. The minimum absolute atomic E-state index is 0.0935. The normalized spacial score (nSPS) is 23.8. The molecular formula is C28H34N8O2. The van der Waals surface area contributed by atoms with Gasteiger partial charge in [-0.25, -0.2) is 4.98 Å². The zero-order valence-electron chi connectivity index (χ0n) is 21.8. The molecule has 0 aliphatic carbocycles. The van der Waals surface area contributed by atoms with Crippen molar-refractivity contribution in [3.05, 3.63) is 47.3 Å². The summed E-state index contributed by atoms with van der Waals surface area (Å²) in [5, 5.41) is 14.8. The lowest BCUT2D eigenvalue weighted by molar-refractivity contribution is 0.0240. The molecule has 3 aliphatic heterocycles. The number of nitriles is 1. The average molecular weight is 515 g/mol. The molecule has 3 aromatic rings. The number of nitrogens with two attached hydrogens (primary N) is 1. The summed E-state index contributed by atoms with van der Waals surface area (Å²) in [6.07, 6.45) is 3.03. The number of nitrogens with one attached hydrogen (secondary N) is 1. The summed E-state index contributed by atoms with van der Waals surface area (Å²) in [4.78, 5) is 19.1. The van der Waals surface area contributed by atoms with Crippen molar-refractivity contribution in [2.75, 3.05) is 50.5 Å². The van der Waals surface area contributed by atoms with Gasteiger partial charge in [0.15, 0.2) is 0 Å². The zero-order valence-corrected chi connectivity index (χ0v) is 21.8. The maximum Gasteiger partial charge on any atom is 0.318 e. The number of nitrogen functional groups attached to an aromatic ring is 1. The number of likely N-dealkylation sites (tertiary alicyclic amines) is 1. The second-order valence-electron chi connectivity index (χ2n) is 10.5. The number of anilines is 2. The van der Waals surface area contributed by atoms with Crippen molar-refractivity contribution in [2.45, 2.75) is 50.5 Å². The first kappa shape index (κ1) is 24.8. The second-order valence-corrected chi connectivity index (χ2v) is 10.5. The van der Waals surface area contributed by atoms with Gasteiger partial charge in [-0.1, -0.05) is 24.3 Å². The SMILES string of the molecule is CN1CCC[C@H]1COc1nc2c(c(N3CCN[C@@H](CC#N)C3)n1)COC(c1nc(N)cc3ccccc13)C2. The number of ether oxygens (including phenoxy) is 2. The number of rotatable bonds is 6. The number of likely N-dealkylation sites (N-methyl/N-ethyl adjacent to an activating group) is 1. The predicted octanol–water partition coefficient (Wildman–Crippen LogP) is 2.59. The van der Waals surface area contributed by atoms with Crippen LogP contribution in [0.4, 0.5) is 11.6 Å². The van der Waals surface area contributed by atoms with Gasteiger partial charge in [-0.05, 0) is 37.9 Å². The molecule has 38 heavy (non-hydrogen) atoms. The highest BCUT2D eigenvalue weighted by atomic mass is 16.5. The average Bonchev–Trinajstić information content (AvgIpc) is 3.35. The lowest BCUT2D eigenvalue weighted by atomic mass is 9.98. The number of benzene rings is 1. The quantitative estimate of drug-likeness (QED) is 0.507.